The molecule has 3 amide bonds. The maximum Gasteiger partial charge on any atom is 0.311 e. The zero-order valence-electron chi connectivity index (χ0n) is 18.0. The first kappa shape index (κ1) is 23.4. The largest absolute Gasteiger partial charge is 0.455 e. The van der Waals surface area contributed by atoms with Crippen LogP contribution in [0.4, 0.5) is 11.4 Å². The second kappa shape index (κ2) is 9.90. The summed E-state index contributed by atoms with van der Waals surface area (Å²) in [5.74, 6) is -3.24. The van der Waals surface area contributed by atoms with Crippen molar-refractivity contribution in [2.24, 2.45) is 5.92 Å². The Morgan fingerprint density at radius 1 is 1.12 bits per heavy atom. The summed E-state index contributed by atoms with van der Waals surface area (Å²) in [5.41, 5.74) is 4.98. The Balaban J connectivity index is 1.48. The Hall–Kier alpha value is -4.28. The molecule has 0 saturated carbocycles. The number of carbonyl (C=O) groups is 4. The molecule has 1 atom stereocenters. The van der Waals surface area contributed by atoms with Crippen LogP contribution in [0.5, 0.6) is 0 Å². The second-order valence-electron chi connectivity index (χ2n) is 7.61. The number of aryl methyl sites for hydroxylation is 2. The van der Waals surface area contributed by atoms with E-state index in [0.29, 0.717) is 5.69 Å². The van der Waals surface area contributed by atoms with Crippen molar-refractivity contribution in [3.8, 4) is 0 Å². The van der Waals surface area contributed by atoms with Crippen LogP contribution in [0.3, 0.4) is 0 Å². The maximum atomic E-state index is 12.3. The minimum atomic E-state index is -0.843. The molecule has 2 aromatic rings. The molecule has 2 aromatic carbocycles. The minimum Gasteiger partial charge on any atom is -0.455 e. The van der Waals surface area contributed by atoms with Crippen LogP contribution < -0.4 is 10.7 Å². The van der Waals surface area contributed by atoms with Crippen molar-refractivity contribution in [1.29, 1.82) is 0 Å². The highest BCUT2D eigenvalue weighted by Gasteiger charge is 2.36. The molecular weight excluding hydrogens is 432 g/mol. The molecule has 1 aliphatic heterocycles. The summed E-state index contributed by atoms with van der Waals surface area (Å²) in [4.78, 5) is 58.9. The number of nitro benzene ring substituents is 1. The van der Waals surface area contributed by atoms with Crippen LogP contribution in [0.1, 0.15) is 27.9 Å². The van der Waals surface area contributed by atoms with E-state index in [1.165, 1.54) is 24.3 Å². The summed E-state index contributed by atoms with van der Waals surface area (Å²) in [5, 5.41) is 14.3. The highest BCUT2D eigenvalue weighted by atomic mass is 16.6. The van der Waals surface area contributed by atoms with Gasteiger partial charge in [-0.2, -0.15) is 0 Å². The summed E-state index contributed by atoms with van der Waals surface area (Å²) >= 11 is 0. The number of carbonyl (C=O) groups excluding carboxylic acids is 4. The van der Waals surface area contributed by atoms with Crippen molar-refractivity contribution < 1.29 is 28.8 Å². The van der Waals surface area contributed by atoms with Crippen LogP contribution in [-0.2, 0) is 19.1 Å². The van der Waals surface area contributed by atoms with Gasteiger partial charge in [-0.25, -0.2) is 0 Å². The van der Waals surface area contributed by atoms with E-state index < -0.39 is 41.1 Å². The van der Waals surface area contributed by atoms with Crippen molar-refractivity contribution in [1.82, 2.24) is 10.4 Å². The maximum absolute atomic E-state index is 12.3. The molecule has 11 heteroatoms. The Bertz CT molecular complexity index is 1110. The van der Waals surface area contributed by atoms with Gasteiger partial charge >= 0.3 is 5.97 Å². The Morgan fingerprint density at radius 3 is 2.45 bits per heavy atom. The molecule has 1 saturated heterocycles. The quantitative estimate of drug-likeness (QED) is 0.369. The van der Waals surface area contributed by atoms with Gasteiger partial charge in [0, 0.05) is 29.8 Å². The molecule has 33 heavy (non-hydrogen) atoms. The SMILES string of the molecule is Cc1ccc(NC(=O)COC(=O)[C@H]2CC(=O)N(NC(=O)c3ccc([N+](=O)[O-])cc3)C2)cc1C. The van der Waals surface area contributed by atoms with Gasteiger partial charge < -0.3 is 10.1 Å². The van der Waals surface area contributed by atoms with Crippen LogP contribution in [0.2, 0.25) is 0 Å². The molecule has 0 aliphatic carbocycles. The van der Waals surface area contributed by atoms with Gasteiger partial charge in [0.2, 0.25) is 5.91 Å². The third-order valence-electron chi connectivity index (χ3n) is 5.17. The number of amides is 3. The monoisotopic (exact) mass is 454 g/mol. The molecule has 11 nitrogen and oxygen atoms in total. The Labute approximate surface area is 188 Å². The molecule has 1 fully saturated rings. The number of nitro groups is 1. The van der Waals surface area contributed by atoms with E-state index in [2.05, 4.69) is 10.7 Å². The first-order valence-corrected chi connectivity index (χ1v) is 10.0. The van der Waals surface area contributed by atoms with Crippen LogP contribution in [0, 0.1) is 29.9 Å². The molecule has 0 aromatic heterocycles. The van der Waals surface area contributed by atoms with Crippen LogP contribution in [0.25, 0.3) is 0 Å². The summed E-state index contributed by atoms with van der Waals surface area (Å²) in [6, 6.07) is 10.3. The average Bonchev–Trinajstić information content (AvgIpc) is 3.15. The fourth-order valence-electron chi connectivity index (χ4n) is 3.17. The number of rotatable bonds is 7. The summed E-state index contributed by atoms with van der Waals surface area (Å²) < 4.78 is 5.03. The van der Waals surface area contributed by atoms with E-state index in [4.69, 9.17) is 4.74 Å². The summed E-state index contributed by atoms with van der Waals surface area (Å²) in [6.45, 7) is 3.23. The lowest BCUT2D eigenvalue weighted by Gasteiger charge is -2.17. The summed E-state index contributed by atoms with van der Waals surface area (Å²) in [7, 11) is 0. The van der Waals surface area contributed by atoms with Gasteiger partial charge in [0.15, 0.2) is 6.61 Å². The Kier molecular flexibility index (Phi) is 7.01. The van der Waals surface area contributed by atoms with E-state index in [-0.39, 0.29) is 24.2 Å². The van der Waals surface area contributed by atoms with Crippen LogP contribution in [-0.4, -0.2) is 46.8 Å². The van der Waals surface area contributed by atoms with E-state index in [0.717, 1.165) is 16.1 Å². The number of anilines is 1. The predicted octanol–water partition coefficient (Wildman–Crippen LogP) is 1.89. The first-order chi connectivity index (χ1) is 15.6. The second-order valence-corrected chi connectivity index (χ2v) is 7.61. The van der Waals surface area contributed by atoms with Crippen LogP contribution >= 0.6 is 0 Å². The van der Waals surface area contributed by atoms with Gasteiger partial charge in [0.1, 0.15) is 0 Å². The fourth-order valence-corrected chi connectivity index (χ4v) is 3.17. The zero-order valence-corrected chi connectivity index (χ0v) is 18.0. The van der Waals surface area contributed by atoms with Crippen molar-refractivity contribution in [3.05, 3.63) is 69.3 Å². The number of ether oxygens (including phenoxy) is 1. The lowest BCUT2D eigenvalue weighted by Crippen LogP contribution is -2.43. The molecular formula is C22H22N4O7. The fraction of sp³-hybridized carbons (Fsp3) is 0.273. The van der Waals surface area contributed by atoms with Gasteiger partial charge in [-0.15, -0.1) is 0 Å². The smallest absolute Gasteiger partial charge is 0.311 e. The average molecular weight is 454 g/mol. The normalized spacial score (nSPS) is 15.2. The third-order valence-corrected chi connectivity index (χ3v) is 5.17. The van der Waals surface area contributed by atoms with E-state index in [1.54, 1.807) is 12.1 Å². The number of hydrogen-bond donors (Lipinski definition) is 2. The molecule has 1 aliphatic rings. The van der Waals surface area contributed by atoms with Crippen LogP contribution in [0.15, 0.2) is 42.5 Å². The zero-order chi connectivity index (χ0) is 24.1. The molecule has 0 radical (unpaired) electrons. The van der Waals surface area contributed by atoms with Gasteiger partial charge in [0.05, 0.1) is 17.4 Å². The molecule has 172 valence electrons. The number of nitrogens with one attached hydrogen (secondary N) is 2. The van der Waals surface area contributed by atoms with Gasteiger partial charge in [0.25, 0.3) is 17.5 Å². The molecule has 3 rings (SSSR count). The predicted molar refractivity (Wildman–Crippen MR) is 116 cm³/mol. The number of hydrogen-bond acceptors (Lipinski definition) is 7. The van der Waals surface area contributed by atoms with E-state index in [9.17, 15) is 29.3 Å². The van der Waals surface area contributed by atoms with Crippen molar-refractivity contribution in [3.63, 3.8) is 0 Å². The standard InChI is InChI=1S/C22H22N4O7/c1-13-3-6-17(9-14(13)2)23-19(27)12-33-22(30)16-10-20(28)25(11-16)24-21(29)15-4-7-18(8-5-15)26(31)32/h3-9,16H,10-12H2,1-2H3,(H,23,27)(H,24,29)/t16-/m0/s1. The number of hydrazine groups is 1. The molecule has 0 bridgehead atoms. The first-order valence-electron chi connectivity index (χ1n) is 10.0. The molecule has 2 N–H and O–H groups in total. The Morgan fingerprint density at radius 2 is 1.82 bits per heavy atom. The lowest BCUT2D eigenvalue weighted by molar-refractivity contribution is -0.384. The van der Waals surface area contributed by atoms with Crippen molar-refractivity contribution in [2.45, 2.75) is 20.3 Å². The molecule has 0 spiro atoms. The number of non-ortho nitro benzene ring substituents is 1. The van der Waals surface area contributed by atoms with Crippen molar-refractivity contribution in [2.75, 3.05) is 18.5 Å². The van der Waals surface area contributed by atoms with Gasteiger partial charge in [-0.1, -0.05) is 6.07 Å². The highest BCUT2D eigenvalue weighted by Crippen LogP contribution is 2.19. The number of esters is 1. The topological polar surface area (TPSA) is 148 Å². The molecule has 0 unspecified atom stereocenters. The van der Waals surface area contributed by atoms with Crippen molar-refractivity contribution >= 4 is 35.1 Å². The van der Waals surface area contributed by atoms with E-state index >= 15 is 0 Å². The number of benzene rings is 2. The highest BCUT2D eigenvalue weighted by molar-refractivity contribution is 5.97. The van der Waals surface area contributed by atoms with E-state index in [1.807, 2.05) is 19.9 Å². The molecule has 1 heterocycles. The van der Waals surface area contributed by atoms with Gasteiger partial charge in [-0.3, -0.25) is 39.7 Å². The van der Waals surface area contributed by atoms with Gasteiger partial charge in [-0.05, 0) is 49.2 Å². The third kappa shape index (κ3) is 5.91. The number of nitrogens with zero attached hydrogens (tertiary/aromatic N) is 2. The minimum absolute atomic E-state index is 0.113. The summed E-state index contributed by atoms with van der Waals surface area (Å²) in [6.07, 6.45) is -0.182. The lowest BCUT2D eigenvalue weighted by atomic mass is 10.1.